The molecule has 2 rings (SSSR count). The Bertz CT molecular complexity index is 611. The maximum Gasteiger partial charge on any atom is 0.263 e. The Morgan fingerprint density at radius 2 is 2.14 bits per heavy atom. The Balaban J connectivity index is 2.07. The molecule has 0 bridgehead atoms. The third-order valence-corrected chi connectivity index (χ3v) is 3.78. The highest BCUT2D eigenvalue weighted by molar-refractivity contribution is 5.97. The molecule has 116 valence electrons. The summed E-state index contributed by atoms with van der Waals surface area (Å²) in [4.78, 5) is 12.1. The maximum atomic E-state index is 12.1. The average Bonchev–Trinajstić information content (AvgIpc) is 3.01. The van der Waals surface area contributed by atoms with Gasteiger partial charge in [-0.15, -0.1) is 0 Å². The number of nitrogens with zero attached hydrogens (tertiary/aromatic N) is 1. The Hall–Kier alpha value is -2.48. The Morgan fingerprint density at radius 3 is 2.77 bits per heavy atom. The molecule has 0 aliphatic heterocycles. The van der Waals surface area contributed by atoms with Crippen molar-refractivity contribution in [2.45, 2.75) is 38.6 Å². The normalized spacial score (nSPS) is 15.2. The molecule has 0 unspecified atom stereocenters. The van der Waals surface area contributed by atoms with Crippen LogP contribution in [0.3, 0.4) is 0 Å². The number of carbonyl (C=O) groups excluding carboxylic acids is 1. The third kappa shape index (κ3) is 4.01. The second-order valence-corrected chi connectivity index (χ2v) is 5.47. The molecule has 0 heterocycles. The second-order valence-electron chi connectivity index (χ2n) is 5.47. The van der Waals surface area contributed by atoms with Crippen molar-refractivity contribution in [2.24, 2.45) is 0 Å². The lowest BCUT2D eigenvalue weighted by Gasteiger charge is -2.12. The van der Waals surface area contributed by atoms with Gasteiger partial charge >= 0.3 is 0 Å². The second kappa shape index (κ2) is 7.51. The van der Waals surface area contributed by atoms with Crippen LogP contribution in [0.2, 0.25) is 0 Å². The van der Waals surface area contributed by atoms with Crippen LogP contribution in [0.15, 0.2) is 30.0 Å². The van der Waals surface area contributed by atoms with Crippen LogP contribution in [-0.4, -0.2) is 19.1 Å². The zero-order valence-electron chi connectivity index (χ0n) is 13.0. The van der Waals surface area contributed by atoms with E-state index in [0.717, 1.165) is 36.9 Å². The number of hydrogen-bond acceptors (Lipinski definition) is 4. The highest BCUT2D eigenvalue weighted by Crippen LogP contribution is 2.25. The number of nitrogens with one attached hydrogen (secondary N) is 2. The van der Waals surface area contributed by atoms with Gasteiger partial charge in [-0.1, -0.05) is 18.9 Å². The van der Waals surface area contributed by atoms with Gasteiger partial charge in [0.05, 0.1) is 12.8 Å². The number of benzene rings is 1. The number of rotatable bonds is 5. The summed E-state index contributed by atoms with van der Waals surface area (Å²) in [5.41, 5.74) is 1.85. The molecule has 1 amide bonds. The number of anilines is 1. The molecule has 1 saturated carbocycles. The molecular formula is C17H21N3O2. The molecule has 1 fully saturated rings. The monoisotopic (exact) mass is 299 g/mol. The summed E-state index contributed by atoms with van der Waals surface area (Å²) in [5, 5.41) is 15.1. The first-order valence-corrected chi connectivity index (χ1v) is 7.46. The van der Waals surface area contributed by atoms with Crippen molar-refractivity contribution in [3.8, 4) is 11.8 Å². The number of carbonyl (C=O) groups is 1. The SMILES string of the molecule is COc1ccc(C)cc1N/C=C(/C#N)C(=O)NC1CCCC1. The van der Waals surface area contributed by atoms with Gasteiger partial charge in [0.2, 0.25) is 0 Å². The fraction of sp³-hybridized carbons (Fsp3) is 0.412. The summed E-state index contributed by atoms with van der Waals surface area (Å²) in [7, 11) is 1.58. The van der Waals surface area contributed by atoms with Gasteiger partial charge in [-0.25, -0.2) is 0 Å². The third-order valence-electron chi connectivity index (χ3n) is 3.78. The number of methoxy groups -OCH3 is 1. The number of aryl methyl sites for hydroxylation is 1. The summed E-state index contributed by atoms with van der Waals surface area (Å²) < 4.78 is 5.26. The fourth-order valence-electron chi connectivity index (χ4n) is 2.57. The van der Waals surface area contributed by atoms with Crippen LogP contribution in [-0.2, 0) is 4.79 Å². The first kappa shape index (κ1) is 15.9. The Morgan fingerprint density at radius 1 is 1.41 bits per heavy atom. The molecule has 22 heavy (non-hydrogen) atoms. The lowest BCUT2D eigenvalue weighted by atomic mass is 10.2. The number of hydrogen-bond donors (Lipinski definition) is 2. The minimum Gasteiger partial charge on any atom is -0.495 e. The van der Waals surface area contributed by atoms with Gasteiger partial charge in [-0.05, 0) is 37.5 Å². The van der Waals surface area contributed by atoms with Crippen molar-refractivity contribution in [1.29, 1.82) is 5.26 Å². The van der Waals surface area contributed by atoms with Gasteiger partial charge < -0.3 is 15.4 Å². The van der Waals surface area contributed by atoms with Crippen LogP contribution in [0.5, 0.6) is 5.75 Å². The summed E-state index contributed by atoms with van der Waals surface area (Å²) in [6.07, 6.45) is 5.68. The van der Waals surface area contributed by atoms with E-state index in [1.54, 1.807) is 7.11 Å². The van der Waals surface area contributed by atoms with Crippen LogP contribution in [0.1, 0.15) is 31.2 Å². The molecule has 5 heteroatoms. The summed E-state index contributed by atoms with van der Waals surface area (Å²) >= 11 is 0. The highest BCUT2D eigenvalue weighted by Gasteiger charge is 2.19. The zero-order valence-corrected chi connectivity index (χ0v) is 13.0. The average molecular weight is 299 g/mol. The van der Waals surface area contributed by atoms with Crippen molar-refractivity contribution < 1.29 is 9.53 Å². The van der Waals surface area contributed by atoms with Gasteiger partial charge in [0.25, 0.3) is 5.91 Å². The molecule has 0 saturated heterocycles. The summed E-state index contributed by atoms with van der Waals surface area (Å²) in [5.74, 6) is 0.337. The van der Waals surface area contributed by atoms with Crippen LogP contribution >= 0.6 is 0 Å². The molecule has 0 spiro atoms. The van der Waals surface area contributed by atoms with Gasteiger partial charge in [0.1, 0.15) is 17.4 Å². The first-order valence-electron chi connectivity index (χ1n) is 7.46. The summed E-state index contributed by atoms with van der Waals surface area (Å²) in [6, 6.07) is 7.82. The predicted molar refractivity (Wildman–Crippen MR) is 85.4 cm³/mol. The minimum atomic E-state index is -0.325. The molecular weight excluding hydrogens is 278 g/mol. The van der Waals surface area contributed by atoms with Gasteiger partial charge in [-0.3, -0.25) is 4.79 Å². The topological polar surface area (TPSA) is 74.1 Å². The van der Waals surface area contributed by atoms with Crippen LogP contribution in [0.25, 0.3) is 0 Å². The van der Waals surface area contributed by atoms with Crippen molar-refractivity contribution in [2.75, 3.05) is 12.4 Å². The van der Waals surface area contributed by atoms with E-state index in [9.17, 15) is 10.1 Å². The van der Waals surface area contributed by atoms with Crippen molar-refractivity contribution in [1.82, 2.24) is 5.32 Å². The summed E-state index contributed by atoms with van der Waals surface area (Å²) in [6.45, 7) is 1.96. The molecule has 0 radical (unpaired) electrons. The lowest BCUT2D eigenvalue weighted by Crippen LogP contribution is -2.33. The van der Waals surface area contributed by atoms with E-state index in [-0.39, 0.29) is 17.5 Å². The first-order chi connectivity index (χ1) is 10.6. The van der Waals surface area contributed by atoms with Crippen LogP contribution in [0.4, 0.5) is 5.69 Å². The largest absolute Gasteiger partial charge is 0.495 e. The molecule has 1 aliphatic carbocycles. The van der Waals surface area contributed by atoms with E-state index >= 15 is 0 Å². The smallest absolute Gasteiger partial charge is 0.263 e. The van der Waals surface area contributed by atoms with E-state index in [1.165, 1.54) is 6.20 Å². The van der Waals surface area contributed by atoms with E-state index in [0.29, 0.717) is 5.75 Å². The van der Waals surface area contributed by atoms with Gasteiger partial charge in [-0.2, -0.15) is 5.26 Å². The minimum absolute atomic E-state index is 0.0652. The van der Waals surface area contributed by atoms with Crippen LogP contribution in [0, 0.1) is 18.3 Å². The standard InChI is InChI=1S/C17H21N3O2/c1-12-7-8-16(22-2)15(9-12)19-11-13(10-18)17(21)20-14-5-3-4-6-14/h7-9,11,14,19H,3-6H2,1-2H3,(H,20,21)/b13-11-. The molecule has 0 aromatic heterocycles. The Kier molecular flexibility index (Phi) is 5.42. The van der Waals surface area contributed by atoms with Crippen LogP contribution < -0.4 is 15.4 Å². The molecule has 0 atom stereocenters. The molecule has 1 aliphatic rings. The van der Waals surface area contributed by atoms with Crippen molar-refractivity contribution in [3.63, 3.8) is 0 Å². The van der Waals surface area contributed by atoms with Gasteiger partial charge in [0.15, 0.2) is 0 Å². The van der Waals surface area contributed by atoms with Crippen molar-refractivity contribution >= 4 is 11.6 Å². The van der Waals surface area contributed by atoms with Crippen molar-refractivity contribution in [3.05, 3.63) is 35.5 Å². The van der Waals surface area contributed by atoms with Gasteiger partial charge in [0, 0.05) is 12.2 Å². The molecule has 2 N–H and O–H groups in total. The maximum absolute atomic E-state index is 12.1. The molecule has 1 aromatic carbocycles. The van der Waals surface area contributed by atoms with E-state index in [1.807, 2.05) is 31.2 Å². The van der Waals surface area contributed by atoms with E-state index in [2.05, 4.69) is 10.6 Å². The fourth-order valence-corrected chi connectivity index (χ4v) is 2.57. The lowest BCUT2D eigenvalue weighted by molar-refractivity contribution is -0.117. The number of ether oxygens (including phenoxy) is 1. The van der Waals surface area contributed by atoms with E-state index < -0.39 is 0 Å². The predicted octanol–water partition coefficient (Wildman–Crippen LogP) is 2.88. The van der Waals surface area contributed by atoms with E-state index in [4.69, 9.17) is 4.74 Å². The Labute approximate surface area is 131 Å². The zero-order chi connectivity index (χ0) is 15.9. The number of amides is 1. The quantitative estimate of drug-likeness (QED) is 0.647. The molecule has 5 nitrogen and oxygen atoms in total. The number of nitriles is 1. The molecule has 1 aromatic rings. The highest BCUT2D eigenvalue weighted by atomic mass is 16.5.